The molecule has 1 aromatic heterocycles. The summed E-state index contributed by atoms with van der Waals surface area (Å²) in [4.78, 5) is 0. The van der Waals surface area contributed by atoms with E-state index in [1.807, 2.05) is 0 Å². The third-order valence-corrected chi connectivity index (χ3v) is 2.55. The molecule has 0 spiro atoms. The van der Waals surface area contributed by atoms with Gasteiger partial charge in [-0.25, -0.2) is 0 Å². The van der Waals surface area contributed by atoms with E-state index in [0.29, 0.717) is 0 Å². The SMILES string of the molecule is CCCc1nnc2n1CCC(N)C2. The van der Waals surface area contributed by atoms with Crippen molar-refractivity contribution >= 4 is 0 Å². The fourth-order valence-electron chi connectivity index (χ4n) is 1.82. The van der Waals surface area contributed by atoms with Gasteiger partial charge in [0.2, 0.25) is 0 Å². The van der Waals surface area contributed by atoms with E-state index in [1.165, 1.54) is 0 Å². The van der Waals surface area contributed by atoms with Gasteiger partial charge in [-0.1, -0.05) is 6.92 Å². The van der Waals surface area contributed by atoms with Crippen molar-refractivity contribution < 1.29 is 0 Å². The Morgan fingerprint density at radius 1 is 1.54 bits per heavy atom. The molecule has 2 rings (SSSR count). The zero-order valence-corrected chi connectivity index (χ0v) is 8.03. The van der Waals surface area contributed by atoms with Crippen LogP contribution in [0, 0.1) is 0 Å². The lowest BCUT2D eigenvalue weighted by Crippen LogP contribution is -2.31. The molecule has 2 N–H and O–H groups in total. The van der Waals surface area contributed by atoms with Crippen LogP contribution >= 0.6 is 0 Å². The quantitative estimate of drug-likeness (QED) is 0.721. The number of aromatic nitrogens is 3. The summed E-state index contributed by atoms with van der Waals surface area (Å²) >= 11 is 0. The summed E-state index contributed by atoms with van der Waals surface area (Å²) in [5.41, 5.74) is 5.85. The van der Waals surface area contributed by atoms with Gasteiger partial charge in [-0.2, -0.15) is 0 Å². The molecule has 0 saturated heterocycles. The number of hydrogen-bond acceptors (Lipinski definition) is 3. The molecule has 1 aliphatic rings. The average molecular weight is 180 g/mol. The standard InChI is InChI=1S/C9H16N4/c1-2-3-8-11-12-9-6-7(10)4-5-13(8)9/h7H,2-6,10H2,1H3. The Bertz CT molecular complexity index is 278. The average Bonchev–Trinajstić information content (AvgIpc) is 2.49. The molecule has 0 aromatic carbocycles. The van der Waals surface area contributed by atoms with Crippen LogP contribution < -0.4 is 5.73 Å². The maximum absolute atomic E-state index is 5.85. The Kier molecular flexibility index (Phi) is 2.31. The van der Waals surface area contributed by atoms with Crippen molar-refractivity contribution in [1.82, 2.24) is 14.8 Å². The number of rotatable bonds is 2. The van der Waals surface area contributed by atoms with E-state index in [1.54, 1.807) is 0 Å². The van der Waals surface area contributed by atoms with Gasteiger partial charge in [-0.3, -0.25) is 0 Å². The summed E-state index contributed by atoms with van der Waals surface area (Å²) in [5, 5.41) is 8.34. The first kappa shape index (κ1) is 8.69. The molecule has 1 unspecified atom stereocenters. The van der Waals surface area contributed by atoms with Crippen LogP contribution in [-0.2, 0) is 19.4 Å². The zero-order valence-electron chi connectivity index (χ0n) is 8.03. The monoisotopic (exact) mass is 180 g/mol. The molecule has 0 fully saturated rings. The van der Waals surface area contributed by atoms with E-state index in [0.717, 1.165) is 43.9 Å². The van der Waals surface area contributed by atoms with Gasteiger partial charge < -0.3 is 10.3 Å². The molecular weight excluding hydrogens is 164 g/mol. The number of hydrogen-bond donors (Lipinski definition) is 1. The Morgan fingerprint density at radius 3 is 3.15 bits per heavy atom. The van der Waals surface area contributed by atoms with Crippen molar-refractivity contribution in [3.8, 4) is 0 Å². The zero-order chi connectivity index (χ0) is 9.26. The van der Waals surface area contributed by atoms with Crippen LogP contribution in [0.3, 0.4) is 0 Å². The van der Waals surface area contributed by atoms with E-state index in [2.05, 4.69) is 21.7 Å². The van der Waals surface area contributed by atoms with E-state index in [4.69, 9.17) is 5.73 Å². The Hall–Kier alpha value is -0.900. The molecule has 2 heterocycles. The molecular formula is C9H16N4. The number of nitrogens with zero attached hydrogens (tertiary/aromatic N) is 3. The number of fused-ring (bicyclic) bond motifs is 1. The molecule has 0 aliphatic carbocycles. The van der Waals surface area contributed by atoms with Crippen LogP contribution in [0.5, 0.6) is 0 Å². The van der Waals surface area contributed by atoms with Crippen molar-refractivity contribution in [3.05, 3.63) is 11.6 Å². The summed E-state index contributed by atoms with van der Waals surface area (Å²) in [6.07, 6.45) is 4.10. The molecule has 1 atom stereocenters. The second kappa shape index (κ2) is 3.46. The first-order chi connectivity index (χ1) is 6.31. The highest BCUT2D eigenvalue weighted by Gasteiger charge is 2.19. The van der Waals surface area contributed by atoms with Gasteiger partial charge >= 0.3 is 0 Å². The third kappa shape index (κ3) is 1.58. The van der Waals surface area contributed by atoms with Crippen molar-refractivity contribution in [2.45, 2.75) is 45.2 Å². The van der Waals surface area contributed by atoms with E-state index >= 15 is 0 Å². The van der Waals surface area contributed by atoms with Crippen LogP contribution in [0.2, 0.25) is 0 Å². The first-order valence-electron chi connectivity index (χ1n) is 4.97. The number of nitrogens with two attached hydrogens (primary N) is 1. The first-order valence-corrected chi connectivity index (χ1v) is 4.97. The fraction of sp³-hybridized carbons (Fsp3) is 0.778. The molecule has 1 aromatic rings. The molecule has 0 radical (unpaired) electrons. The van der Waals surface area contributed by atoms with E-state index < -0.39 is 0 Å². The lowest BCUT2D eigenvalue weighted by atomic mass is 10.1. The predicted octanol–water partition coefficient (Wildman–Crippen LogP) is 0.504. The third-order valence-electron chi connectivity index (χ3n) is 2.55. The highest BCUT2D eigenvalue weighted by Crippen LogP contribution is 2.14. The smallest absolute Gasteiger partial charge is 0.134 e. The summed E-state index contributed by atoms with van der Waals surface area (Å²) in [6, 6.07) is 0.283. The highest BCUT2D eigenvalue weighted by molar-refractivity contribution is 5.01. The van der Waals surface area contributed by atoms with Gasteiger partial charge in [0.15, 0.2) is 0 Å². The lowest BCUT2D eigenvalue weighted by molar-refractivity contribution is 0.453. The summed E-state index contributed by atoms with van der Waals surface area (Å²) in [5.74, 6) is 2.20. The van der Waals surface area contributed by atoms with Crippen LogP contribution in [0.25, 0.3) is 0 Å². The lowest BCUT2D eigenvalue weighted by Gasteiger charge is -2.19. The fourth-order valence-corrected chi connectivity index (χ4v) is 1.82. The minimum absolute atomic E-state index is 0.283. The van der Waals surface area contributed by atoms with E-state index in [-0.39, 0.29) is 6.04 Å². The highest BCUT2D eigenvalue weighted by atomic mass is 15.3. The molecule has 4 nitrogen and oxygen atoms in total. The second-order valence-electron chi connectivity index (χ2n) is 3.69. The molecule has 0 bridgehead atoms. The van der Waals surface area contributed by atoms with Gasteiger partial charge in [-0.15, -0.1) is 10.2 Å². The minimum Gasteiger partial charge on any atom is -0.327 e. The number of aryl methyl sites for hydroxylation is 1. The van der Waals surface area contributed by atoms with Gasteiger partial charge in [0.25, 0.3) is 0 Å². The molecule has 0 amide bonds. The Morgan fingerprint density at radius 2 is 2.38 bits per heavy atom. The molecule has 4 heteroatoms. The predicted molar refractivity (Wildman–Crippen MR) is 50.3 cm³/mol. The van der Waals surface area contributed by atoms with Crippen molar-refractivity contribution in [2.75, 3.05) is 0 Å². The topological polar surface area (TPSA) is 56.7 Å². The van der Waals surface area contributed by atoms with Crippen LogP contribution in [0.4, 0.5) is 0 Å². The maximum Gasteiger partial charge on any atom is 0.134 e. The maximum atomic E-state index is 5.85. The van der Waals surface area contributed by atoms with Crippen LogP contribution in [0.15, 0.2) is 0 Å². The van der Waals surface area contributed by atoms with E-state index in [9.17, 15) is 0 Å². The van der Waals surface area contributed by atoms with Crippen molar-refractivity contribution in [1.29, 1.82) is 0 Å². The van der Waals surface area contributed by atoms with Gasteiger partial charge in [0.1, 0.15) is 11.6 Å². The summed E-state index contributed by atoms with van der Waals surface area (Å²) < 4.78 is 2.23. The normalized spacial score (nSPS) is 21.5. The summed E-state index contributed by atoms with van der Waals surface area (Å²) in [6.45, 7) is 3.16. The van der Waals surface area contributed by atoms with Gasteiger partial charge in [0.05, 0.1) is 0 Å². The largest absolute Gasteiger partial charge is 0.327 e. The summed E-state index contributed by atoms with van der Waals surface area (Å²) in [7, 11) is 0. The Balaban J connectivity index is 2.23. The van der Waals surface area contributed by atoms with Gasteiger partial charge in [0, 0.05) is 25.4 Å². The van der Waals surface area contributed by atoms with Crippen molar-refractivity contribution in [3.63, 3.8) is 0 Å². The molecule has 0 saturated carbocycles. The van der Waals surface area contributed by atoms with Crippen LogP contribution in [0.1, 0.15) is 31.4 Å². The molecule has 13 heavy (non-hydrogen) atoms. The van der Waals surface area contributed by atoms with Gasteiger partial charge in [-0.05, 0) is 12.8 Å². The Labute approximate surface area is 78.1 Å². The molecule has 1 aliphatic heterocycles. The van der Waals surface area contributed by atoms with Crippen LogP contribution in [-0.4, -0.2) is 20.8 Å². The van der Waals surface area contributed by atoms with Crippen molar-refractivity contribution in [2.24, 2.45) is 5.73 Å². The second-order valence-corrected chi connectivity index (χ2v) is 3.69. The minimum atomic E-state index is 0.283. The molecule has 72 valence electrons.